The molecule has 1 heterocycles. The van der Waals surface area contributed by atoms with E-state index < -0.39 is 27.6 Å². The van der Waals surface area contributed by atoms with Crippen LogP contribution >= 0.6 is 34.8 Å². The number of nitrogens with one attached hydrogen (secondary N) is 2. The molecule has 1 aliphatic heterocycles. The Labute approximate surface area is 221 Å². The van der Waals surface area contributed by atoms with Gasteiger partial charge in [0.2, 0.25) is 5.91 Å². The van der Waals surface area contributed by atoms with Gasteiger partial charge in [-0.3, -0.25) is 4.79 Å². The lowest BCUT2D eigenvalue weighted by molar-refractivity contribution is -0.123. The Morgan fingerprint density at radius 2 is 1.86 bits per heavy atom. The third-order valence-electron chi connectivity index (χ3n) is 5.45. The fourth-order valence-electron chi connectivity index (χ4n) is 3.64. The van der Waals surface area contributed by atoms with Crippen LogP contribution in [-0.4, -0.2) is 43.4 Å². The number of amides is 1. The van der Waals surface area contributed by atoms with Crippen molar-refractivity contribution in [1.29, 1.82) is 0 Å². The molecule has 35 heavy (non-hydrogen) atoms. The first-order valence-electron chi connectivity index (χ1n) is 11.1. The summed E-state index contributed by atoms with van der Waals surface area (Å²) < 4.78 is 31.0. The van der Waals surface area contributed by atoms with E-state index in [1.807, 2.05) is 6.07 Å². The van der Waals surface area contributed by atoms with Gasteiger partial charge >= 0.3 is 0 Å². The van der Waals surface area contributed by atoms with Crippen LogP contribution in [0.3, 0.4) is 0 Å². The van der Waals surface area contributed by atoms with Crippen LogP contribution in [0, 0.1) is 0 Å². The number of carbonyl (C=O) groups is 1. The minimum absolute atomic E-state index is 0.0730. The van der Waals surface area contributed by atoms with E-state index in [0.717, 1.165) is 11.1 Å². The van der Waals surface area contributed by atoms with Crippen molar-refractivity contribution in [2.45, 2.75) is 62.7 Å². The molecule has 0 saturated heterocycles. The highest BCUT2D eigenvalue weighted by Gasteiger charge is 2.27. The number of carbonyl (C=O) groups excluding carboxylic acids is 1. The molecule has 0 radical (unpaired) electrons. The highest BCUT2D eigenvalue weighted by molar-refractivity contribution is 7.91. The van der Waals surface area contributed by atoms with Crippen LogP contribution in [0.5, 0.6) is 5.75 Å². The van der Waals surface area contributed by atoms with E-state index in [9.17, 15) is 18.3 Å². The second-order valence-corrected chi connectivity index (χ2v) is 12.8. The van der Waals surface area contributed by atoms with Crippen molar-refractivity contribution >= 4 is 50.5 Å². The summed E-state index contributed by atoms with van der Waals surface area (Å²) in [4.78, 5) is 12.6. The van der Waals surface area contributed by atoms with Gasteiger partial charge in [0.05, 0.1) is 45.9 Å². The molecule has 0 unspecified atom stereocenters. The van der Waals surface area contributed by atoms with Crippen LogP contribution in [0.25, 0.3) is 0 Å². The molecule has 2 aromatic carbocycles. The lowest BCUT2D eigenvalue weighted by atomic mass is 9.98. The highest BCUT2D eigenvalue weighted by Crippen LogP contribution is 2.36. The number of rotatable bonds is 8. The fraction of sp³-hybridized carbons (Fsp3) is 0.458. The molecule has 0 spiro atoms. The van der Waals surface area contributed by atoms with E-state index in [1.54, 1.807) is 6.07 Å². The van der Waals surface area contributed by atoms with Gasteiger partial charge in [0.25, 0.3) is 0 Å². The first kappa shape index (κ1) is 28.0. The molecule has 11 heteroatoms. The molecule has 0 fully saturated rings. The number of benzene rings is 2. The molecule has 1 amide bonds. The van der Waals surface area contributed by atoms with Crippen molar-refractivity contribution in [2.75, 3.05) is 12.4 Å². The quantitative estimate of drug-likeness (QED) is 0.430. The third kappa shape index (κ3) is 7.71. The van der Waals surface area contributed by atoms with Gasteiger partial charge in [-0.1, -0.05) is 34.8 Å². The number of ether oxygens (including phenoxy) is 1. The number of hydrogen-bond donors (Lipinski definition) is 3. The van der Waals surface area contributed by atoms with Crippen molar-refractivity contribution in [1.82, 2.24) is 10.6 Å². The molecule has 0 aliphatic carbocycles. The summed E-state index contributed by atoms with van der Waals surface area (Å²) in [7, 11) is -3.87. The van der Waals surface area contributed by atoms with E-state index in [2.05, 4.69) is 31.4 Å². The van der Waals surface area contributed by atoms with Gasteiger partial charge in [-0.05, 0) is 56.7 Å². The number of hydrogen-bond acceptors (Lipinski definition) is 6. The van der Waals surface area contributed by atoms with Crippen molar-refractivity contribution in [2.24, 2.45) is 0 Å². The predicted molar refractivity (Wildman–Crippen MR) is 138 cm³/mol. The van der Waals surface area contributed by atoms with Gasteiger partial charge < -0.3 is 20.5 Å². The highest BCUT2D eigenvalue weighted by atomic mass is 35.5. The van der Waals surface area contributed by atoms with Gasteiger partial charge in [0, 0.05) is 29.1 Å². The Hall–Kier alpha value is -1.55. The number of halogens is 3. The smallest absolute Gasteiger partial charge is 0.223 e. The van der Waals surface area contributed by atoms with E-state index in [0.29, 0.717) is 30.3 Å². The van der Waals surface area contributed by atoms with Crippen LogP contribution < -0.4 is 15.4 Å². The lowest BCUT2D eigenvalue weighted by Gasteiger charge is -2.28. The van der Waals surface area contributed by atoms with Crippen molar-refractivity contribution in [3.63, 3.8) is 0 Å². The monoisotopic (exact) mass is 562 g/mol. The number of fused-ring (bicyclic) bond motifs is 1. The van der Waals surface area contributed by atoms with Crippen molar-refractivity contribution in [3.05, 3.63) is 56.5 Å². The van der Waals surface area contributed by atoms with E-state index in [4.69, 9.17) is 39.5 Å². The second-order valence-electron chi connectivity index (χ2n) is 9.56. The molecule has 7 nitrogen and oxygen atoms in total. The molecule has 192 valence electrons. The zero-order valence-corrected chi connectivity index (χ0v) is 22.8. The summed E-state index contributed by atoms with van der Waals surface area (Å²) in [5, 5.41) is 17.4. The Morgan fingerprint density at radius 1 is 1.14 bits per heavy atom. The summed E-state index contributed by atoms with van der Waals surface area (Å²) in [5.74, 6) is -0.465. The van der Waals surface area contributed by atoms with E-state index >= 15 is 0 Å². The van der Waals surface area contributed by atoms with Gasteiger partial charge in [0.15, 0.2) is 9.84 Å². The Balaban J connectivity index is 1.64. The number of aliphatic hydroxyl groups excluding tert-OH is 1. The van der Waals surface area contributed by atoms with E-state index in [1.165, 1.54) is 18.2 Å². The van der Waals surface area contributed by atoms with Gasteiger partial charge in [-0.2, -0.15) is 0 Å². The van der Waals surface area contributed by atoms with Crippen LogP contribution in [0.4, 0.5) is 0 Å². The lowest BCUT2D eigenvalue weighted by Crippen LogP contribution is -2.36. The molecule has 0 bridgehead atoms. The first-order chi connectivity index (χ1) is 16.2. The number of sulfone groups is 1. The average Bonchev–Trinajstić information content (AvgIpc) is 2.73. The Bertz CT molecular complexity index is 1200. The van der Waals surface area contributed by atoms with Crippen molar-refractivity contribution < 1.29 is 23.1 Å². The zero-order valence-electron chi connectivity index (χ0n) is 19.7. The van der Waals surface area contributed by atoms with Crippen molar-refractivity contribution in [3.8, 4) is 5.75 Å². The molecular formula is C24H29Cl3N2O5S. The molecule has 3 rings (SSSR count). The van der Waals surface area contributed by atoms with Gasteiger partial charge in [-0.25, -0.2) is 8.42 Å². The van der Waals surface area contributed by atoms with Gasteiger partial charge in [-0.15, -0.1) is 0 Å². The summed E-state index contributed by atoms with van der Waals surface area (Å²) in [5.41, 5.74) is 1.55. The molecule has 2 atom stereocenters. The zero-order chi connectivity index (χ0) is 26.0. The Morgan fingerprint density at radius 3 is 2.51 bits per heavy atom. The Kier molecular flexibility index (Phi) is 9.00. The minimum atomic E-state index is -3.87. The standard InChI is InChI=1S/C24H29Cl3N2O5S/c1-24(2,3)28-12-14-8-22-17(11-19(14)26)21(6-7-34-22)29-23(31)9-15(30)13-35(32,33)16-4-5-18(25)20(27)10-16/h4-5,8,10-11,15,21,28,30H,6-7,9,12-13H2,1-3H3,(H,29,31)/t15-,21+/m0/s1. The average molecular weight is 564 g/mol. The summed E-state index contributed by atoms with van der Waals surface area (Å²) in [6.07, 6.45) is -1.26. The van der Waals surface area contributed by atoms with E-state index in [-0.39, 0.29) is 32.9 Å². The molecule has 2 aromatic rings. The molecule has 1 aliphatic rings. The second kappa shape index (κ2) is 11.2. The first-order valence-corrected chi connectivity index (χ1v) is 13.9. The third-order valence-corrected chi connectivity index (χ3v) is 8.33. The topological polar surface area (TPSA) is 105 Å². The predicted octanol–water partition coefficient (Wildman–Crippen LogP) is 4.70. The van der Waals surface area contributed by atoms with Crippen LogP contribution in [0.2, 0.25) is 15.1 Å². The molecule has 0 aromatic heterocycles. The molecule has 3 N–H and O–H groups in total. The largest absolute Gasteiger partial charge is 0.493 e. The SMILES string of the molecule is CC(C)(C)NCc1cc2c(cc1Cl)[C@H](NC(=O)C[C@H](O)CS(=O)(=O)c1ccc(Cl)c(Cl)c1)CCO2. The maximum Gasteiger partial charge on any atom is 0.223 e. The maximum atomic E-state index is 12.6. The van der Waals surface area contributed by atoms with Gasteiger partial charge in [0.1, 0.15) is 5.75 Å². The molecular weight excluding hydrogens is 535 g/mol. The normalized spacial score (nSPS) is 16.8. The summed E-state index contributed by atoms with van der Waals surface area (Å²) >= 11 is 18.2. The summed E-state index contributed by atoms with van der Waals surface area (Å²) in [6.45, 7) is 7.15. The summed E-state index contributed by atoms with van der Waals surface area (Å²) in [6, 6.07) is 7.18. The number of aliphatic hydroxyl groups is 1. The maximum absolute atomic E-state index is 12.6. The van der Waals surface area contributed by atoms with Crippen LogP contribution in [0.15, 0.2) is 35.2 Å². The van der Waals surface area contributed by atoms with Crippen LogP contribution in [0.1, 0.15) is 50.8 Å². The molecule has 0 saturated carbocycles. The fourth-order valence-corrected chi connectivity index (χ4v) is 5.63. The van der Waals surface area contributed by atoms with Crippen LogP contribution in [-0.2, 0) is 21.2 Å². The minimum Gasteiger partial charge on any atom is -0.493 e.